The van der Waals surface area contributed by atoms with Crippen molar-refractivity contribution in [1.29, 1.82) is 0 Å². The molecule has 0 spiro atoms. The van der Waals surface area contributed by atoms with Gasteiger partial charge in [0.1, 0.15) is 6.54 Å². The van der Waals surface area contributed by atoms with Crippen LogP contribution in [0.15, 0.2) is 0 Å². The summed E-state index contributed by atoms with van der Waals surface area (Å²) in [6, 6.07) is -0.0704. The van der Waals surface area contributed by atoms with Gasteiger partial charge < -0.3 is 9.64 Å². The fourth-order valence-corrected chi connectivity index (χ4v) is 3.70. The first-order valence-electron chi connectivity index (χ1n) is 5.82. The third-order valence-electron chi connectivity index (χ3n) is 3.29. The van der Waals surface area contributed by atoms with E-state index in [0.29, 0.717) is 19.1 Å². The van der Waals surface area contributed by atoms with Crippen molar-refractivity contribution in [3.8, 4) is 0 Å². The molecule has 3 amide bonds. The van der Waals surface area contributed by atoms with Crippen molar-refractivity contribution in [3.05, 3.63) is 0 Å². The molecule has 2 heterocycles. The molecule has 2 aliphatic heterocycles. The van der Waals surface area contributed by atoms with E-state index in [1.807, 2.05) is 11.8 Å². The third kappa shape index (κ3) is 2.42. The van der Waals surface area contributed by atoms with Gasteiger partial charge in [-0.25, -0.2) is 4.79 Å². The van der Waals surface area contributed by atoms with Crippen LogP contribution in [-0.4, -0.2) is 66.1 Å². The lowest BCUT2D eigenvalue weighted by Crippen LogP contribution is -2.44. The lowest BCUT2D eigenvalue weighted by molar-refractivity contribution is -0.127. The van der Waals surface area contributed by atoms with Crippen LogP contribution in [0.4, 0.5) is 4.79 Å². The number of methoxy groups -OCH3 is 1. The lowest BCUT2D eigenvalue weighted by atomic mass is 10.1. The number of ether oxygens (including phenoxy) is 1. The van der Waals surface area contributed by atoms with E-state index >= 15 is 0 Å². The van der Waals surface area contributed by atoms with Gasteiger partial charge in [-0.2, -0.15) is 11.8 Å². The van der Waals surface area contributed by atoms with Crippen LogP contribution < -0.4 is 0 Å². The van der Waals surface area contributed by atoms with Crippen LogP contribution in [-0.2, 0) is 9.53 Å². The Morgan fingerprint density at radius 2 is 2.18 bits per heavy atom. The molecule has 0 unspecified atom stereocenters. The third-order valence-corrected chi connectivity index (χ3v) is 4.63. The van der Waals surface area contributed by atoms with Crippen molar-refractivity contribution in [3.63, 3.8) is 0 Å². The summed E-state index contributed by atoms with van der Waals surface area (Å²) < 4.78 is 4.94. The lowest BCUT2D eigenvalue weighted by Gasteiger charge is -2.25. The topological polar surface area (TPSA) is 49.9 Å². The maximum atomic E-state index is 12.1. The quantitative estimate of drug-likeness (QED) is 0.695. The Labute approximate surface area is 105 Å². The van der Waals surface area contributed by atoms with Crippen LogP contribution in [0.5, 0.6) is 0 Å². The molecule has 2 saturated heterocycles. The Balaban J connectivity index is 2.03. The van der Waals surface area contributed by atoms with Gasteiger partial charge in [-0.15, -0.1) is 0 Å². The molecule has 0 aromatic rings. The van der Waals surface area contributed by atoms with Gasteiger partial charge in [-0.1, -0.05) is 6.92 Å². The average molecular weight is 258 g/mol. The second kappa shape index (κ2) is 5.27. The van der Waals surface area contributed by atoms with Crippen LogP contribution in [0, 0.1) is 5.92 Å². The molecule has 0 N–H and O–H groups in total. The van der Waals surface area contributed by atoms with Gasteiger partial charge in [0, 0.05) is 19.4 Å². The summed E-state index contributed by atoms with van der Waals surface area (Å²) in [6.45, 7) is 3.27. The maximum absolute atomic E-state index is 12.1. The number of hydrogen-bond donors (Lipinski definition) is 0. The first-order valence-corrected chi connectivity index (χ1v) is 6.98. The number of rotatable bonds is 4. The number of thioether (sulfide) groups is 1. The number of carbonyl (C=O) groups is 2. The summed E-state index contributed by atoms with van der Waals surface area (Å²) in [4.78, 5) is 27.1. The summed E-state index contributed by atoms with van der Waals surface area (Å²) in [5.41, 5.74) is 0. The SMILES string of the molecule is COCCN1CC(=O)N([C@@H]2CSC[C@H]2C)C1=O. The van der Waals surface area contributed by atoms with E-state index in [4.69, 9.17) is 4.74 Å². The summed E-state index contributed by atoms with van der Waals surface area (Å²) >= 11 is 1.81. The van der Waals surface area contributed by atoms with Crippen LogP contribution in [0.2, 0.25) is 0 Å². The molecule has 5 nitrogen and oxygen atoms in total. The zero-order chi connectivity index (χ0) is 12.4. The van der Waals surface area contributed by atoms with Gasteiger partial charge in [-0.05, 0) is 11.7 Å². The normalized spacial score (nSPS) is 29.5. The fraction of sp³-hybridized carbons (Fsp3) is 0.818. The summed E-state index contributed by atoms with van der Waals surface area (Å²) in [5.74, 6) is 2.23. The molecule has 17 heavy (non-hydrogen) atoms. The Morgan fingerprint density at radius 1 is 1.41 bits per heavy atom. The molecule has 2 rings (SSSR count). The van der Waals surface area contributed by atoms with Crippen molar-refractivity contribution in [2.75, 3.05) is 38.3 Å². The Kier molecular flexibility index (Phi) is 3.93. The zero-order valence-corrected chi connectivity index (χ0v) is 11.0. The maximum Gasteiger partial charge on any atom is 0.327 e. The highest BCUT2D eigenvalue weighted by Crippen LogP contribution is 2.30. The van der Waals surface area contributed by atoms with E-state index in [9.17, 15) is 9.59 Å². The van der Waals surface area contributed by atoms with E-state index in [0.717, 1.165) is 11.5 Å². The van der Waals surface area contributed by atoms with E-state index < -0.39 is 0 Å². The fourth-order valence-electron chi connectivity index (χ4n) is 2.25. The molecular formula is C11H18N2O3S. The Bertz CT molecular complexity index is 324. The van der Waals surface area contributed by atoms with E-state index in [-0.39, 0.29) is 24.5 Å². The van der Waals surface area contributed by atoms with Crippen LogP contribution in [0.1, 0.15) is 6.92 Å². The number of hydrogen-bond acceptors (Lipinski definition) is 4. The van der Waals surface area contributed by atoms with Gasteiger partial charge in [0.2, 0.25) is 0 Å². The van der Waals surface area contributed by atoms with Crippen molar-refractivity contribution >= 4 is 23.7 Å². The van der Waals surface area contributed by atoms with Crippen molar-refractivity contribution < 1.29 is 14.3 Å². The summed E-state index contributed by atoms with van der Waals surface area (Å²) in [5, 5.41) is 0. The largest absolute Gasteiger partial charge is 0.383 e. The van der Waals surface area contributed by atoms with E-state index in [1.54, 1.807) is 12.0 Å². The van der Waals surface area contributed by atoms with Crippen molar-refractivity contribution in [2.45, 2.75) is 13.0 Å². The van der Waals surface area contributed by atoms with Gasteiger partial charge in [0.05, 0.1) is 12.6 Å². The monoisotopic (exact) mass is 258 g/mol. The van der Waals surface area contributed by atoms with Crippen LogP contribution in [0.25, 0.3) is 0 Å². The molecule has 0 saturated carbocycles. The van der Waals surface area contributed by atoms with Gasteiger partial charge in [-0.3, -0.25) is 9.69 Å². The van der Waals surface area contributed by atoms with E-state index in [1.165, 1.54) is 4.90 Å². The molecule has 0 bridgehead atoms. The second-order valence-corrected chi connectivity index (χ2v) is 5.62. The van der Waals surface area contributed by atoms with Gasteiger partial charge in [0.25, 0.3) is 5.91 Å². The molecule has 2 atom stereocenters. The van der Waals surface area contributed by atoms with Crippen molar-refractivity contribution in [1.82, 2.24) is 9.80 Å². The van der Waals surface area contributed by atoms with Crippen molar-refractivity contribution in [2.24, 2.45) is 5.92 Å². The molecule has 0 radical (unpaired) electrons. The number of urea groups is 1. The zero-order valence-electron chi connectivity index (χ0n) is 10.2. The predicted molar refractivity (Wildman–Crippen MR) is 66.0 cm³/mol. The number of nitrogens with zero attached hydrogens (tertiary/aromatic N) is 2. The Hall–Kier alpha value is -0.750. The predicted octanol–water partition coefficient (Wildman–Crippen LogP) is 0.649. The molecule has 6 heteroatoms. The molecule has 2 aliphatic rings. The second-order valence-electron chi connectivity index (χ2n) is 4.54. The number of amides is 3. The van der Waals surface area contributed by atoms with Crippen LogP contribution in [0.3, 0.4) is 0 Å². The average Bonchev–Trinajstić information content (AvgIpc) is 2.81. The number of imide groups is 1. The first-order chi connectivity index (χ1) is 8.15. The smallest absolute Gasteiger partial charge is 0.327 e. The number of carbonyl (C=O) groups excluding carboxylic acids is 2. The van der Waals surface area contributed by atoms with E-state index in [2.05, 4.69) is 6.92 Å². The molecule has 0 aliphatic carbocycles. The molecule has 2 fully saturated rings. The minimum Gasteiger partial charge on any atom is -0.383 e. The molecular weight excluding hydrogens is 240 g/mol. The molecule has 0 aromatic carbocycles. The first kappa shape index (κ1) is 12.7. The molecule has 96 valence electrons. The van der Waals surface area contributed by atoms with Gasteiger partial charge in [0.15, 0.2) is 0 Å². The minimum atomic E-state index is -0.147. The summed E-state index contributed by atoms with van der Waals surface area (Å²) in [7, 11) is 1.59. The van der Waals surface area contributed by atoms with Crippen LogP contribution >= 0.6 is 11.8 Å². The Morgan fingerprint density at radius 3 is 2.76 bits per heavy atom. The minimum absolute atomic E-state index is 0.0644. The highest BCUT2D eigenvalue weighted by atomic mass is 32.2. The highest BCUT2D eigenvalue weighted by molar-refractivity contribution is 7.99. The summed E-state index contributed by atoms with van der Waals surface area (Å²) in [6.07, 6.45) is 0. The van der Waals surface area contributed by atoms with Gasteiger partial charge >= 0.3 is 6.03 Å². The highest BCUT2D eigenvalue weighted by Gasteiger charge is 2.43. The standard InChI is InChI=1S/C11H18N2O3S/c1-8-6-17-7-9(8)13-10(14)5-12(11(13)15)3-4-16-2/h8-9H,3-7H2,1-2H3/t8-,9-/m1/s1. The molecule has 0 aromatic heterocycles.